The third kappa shape index (κ3) is 2.25. The molecule has 3 amide bonds. The van der Waals surface area contributed by atoms with Crippen LogP contribution in [0.5, 0.6) is 0 Å². The average Bonchev–Trinajstić information content (AvgIpc) is 2.71. The number of ether oxygens (including phenoxy) is 1. The highest BCUT2D eigenvalue weighted by molar-refractivity contribution is 6.01. The van der Waals surface area contributed by atoms with E-state index >= 15 is 0 Å². The largest absolute Gasteiger partial charge is 0.381 e. The predicted molar refractivity (Wildman–Crippen MR) is 64.9 cm³/mol. The standard InChI is InChI=1S/C13H18N2O4/c16-10-1-2-11(17)15(10)5-4-14-12(18)9-7-13(9)3-6-19-8-13/h9H,1-8H2,(H,14,18). The Hall–Kier alpha value is -1.43. The minimum atomic E-state index is -0.133. The fourth-order valence-corrected chi connectivity index (χ4v) is 3.06. The van der Waals surface area contributed by atoms with E-state index in [1.807, 2.05) is 0 Å². The fraction of sp³-hybridized carbons (Fsp3) is 0.769. The Labute approximate surface area is 111 Å². The van der Waals surface area contributed by atoms with Gasteiger partial charge in [-0.1, -0.05) is 0 Å². The maximum atomic E-state index is 11.9. The zero-order valence-corrected chi connectivity index (χ0v) is 10.8. The molecule has 19 heavy (non-hydrogen) atoms. The molecular weight excluding hydrogens is 248 g/mol. The molecule has 2 saturated heterocycles. The smallest absolute Gasteiger partial charge is 0.229 e. The number of hydrogen-bond acceptors (Lipinski definition) is 4. The Morgan fingerprint density at radius 1 is 1.37 bits per heavy atom. The van der Waals surface area contributed by atoms with Crippen LogP contribution < -0.4 is 5.32 Å². The lowest BCUT2D eigenvalue weighted by Gasteiger charge is -2.14. The molecule has 3 fully saturated rings. The summed E-state index contributed by atoms with van der Waals surface area (Å²) >= 11 is 0. The van der Waals surface area contributed by atoms with Crippen LogP contribution in [0.1, 0.15) is 25.7 Å². The van der Waals surface area contributed by atoms with Crippen LogP contribution >= 0.6 is 0 Å². The Balaban J connectivity index is 1.42. The van der Waals surface area contributed by atoms with Crippen molar-refractivity contribution < 1.29 is 19.1 Å². The highest BCUT2D eigenvalue weighted by atomic mass is 16.5. The molecule has 3 aliphatic rings. The lowest BCUT2D eigenvalue weighted by Crippen LogP contribution is -2.38. The molecule has 0 radical (unpaired) electrons. The summed E-state index contributed by atoms with van der Waals surface area (Å²) in [5.74, 6) is -0.178. The van der Waals surface area contributed by atoms with Gasteiger partial charge in [0, 0.05) is 43.9 Å². The first-order chi connectivity index (χ1) is 9.12. The summed E-state index contributed by atoms with van der Waals surface area (Å²) in [6, 6.07) is 0. The summed E-state index contributed by atoms with van der Waals surface area (Å²) in [6.07, 6.45) is 2.47. The normalized spacial score (nSPS) is 33.3. The first-order valence-electron chi connectivity index (χ1n) is 6.81. The minimum absolute atomic E-state index is 0.0320. The minimum Gasteiger partial charge on any atom is -0.381 e. The second-order valence-electron chi connectivity index (χ2n) is 5.65. The van der Waals surface area contributed by atoms with Gasteiger partial charge in [0.1, 0.15) is 0 Å². The first-order valence-corrected chi connectivity index (χ1v) is 6.81. The van der Waals surface area contributed by atoms with Crippen molar-refractivity contribution >= 4 is 17.7 Å². The van der Waals surface area contributed by atoms with Crippen molar-refractivity contribution in [2.75, 3.05) is 26.3 Å². The van der Waals surface area contributed by atoms with Crippen LogP contribution in [0, 0.1) is 11.3 Å². The van der Waals surface area contributed by atoms with Crippen LogP contribution in [0.3, 0.4) is 0 Å². The monoisotopic (exact) mass is 266 g/mol. The molecule has 6 heteroatoms. The Morgan fingerprint density at radius 3 is 2.74 bits per heavy atom. The Morgan fingerprint density at radius 2 is 2.11 bits per heavy atom. The van der Waals surface area contributed by atoms with E-state index in [0.29, 0.717) is 32.5 Å². The van der Waals surface area contributed by atoms with Crippen LogP contribution in [0.25, 0.3) is 0 Å². The van der Waals surface area contributed by atoms with E-state index < -0.39 is 0 Å². The molecule has 0 aromatic carbocycles. The summed E-state index contributed by atoms with van der Waals surface area (Å²) in [7, 11) is 0. The quantitative estimate of drug-likeness (QED) is 0.707. The Bertz CT molecular complexity index is 412. The van der Waals surface area contributed by atoms with Gasteiger partial charge in [0.25, 0.3) is 0 Å². The van der Waals surface area contributed by atoms with Gasteiger partial charge in [0.2, 0.25) is 17.7 Å². The van der Waals surface area contributed by atoms with E-state index in [1.165, 1.54) is 4.90 Å². The van der Waals surface area contributed by atoms with Gasteiger partial charge < -0.3 is 10.1 Å². The van der Waals surface area contributed by atoms with Crippen molar-refractivity contribution in [3.63, 3.8) is 0 Å². The molecule has 2 atom stereocenters. The summed E-state index contributed by atoms with van der Waals surface area (Å²) in [4.78, 5) is 36.0. The van der Waals surface area contributed by atoms with Gasteiger partial charge in [0.15, 0.2) is 0 Å². The number of imide groups is 1. The van der Waals surface area contributed by atoms with Crippen LogP contribution in [0.15, 0.2) is 0 Å². The lowest BCUT2D eigenvalue weighted by atomic mass is 10.0. The maximum absolute atomic E-state index is 11.9. The maximum Gasteiger partial charge on any atom is 0.229 e. The number of amides is 3. The number of nitrogens with zero attached hydrogens (tertiary/aromatic N) is 1. The highest BCUT2D eigenvalue weighted by Gasteiger charge is 2.59. The molecule has 0 bridgehead atoms. The summed E-state index contributed by atoms with van der Waals surface area (Å²) in [6.45, 7) is 2.08. The summed E-state index contributed by atoms with van der Waals surface area (Å²) in [5, 5.41) is 2.82. The number of nitrogens with one attached hydrogen (secondary N) is 1. The molecule has 2 heterocycles. The molecule has 1 saturated carbocycles. The third-order valence-corrected chi connectivity index (χ3v) is 4.43. The molecule has 1 spiro atoms. The second-order valence-corrected chi connectivity index (χ2v) is 5.65. The summed E-state index contributed by atoms with van der Waals surface area (Å²) in [5.41, 5.74) is 0.0867. The van der Waals surface area contributed by atoms with E-state index in [9.17, 15) is 14.4 Å². The number of rotatable bonds is 4. The predicted octanol–water partition coefficient (Wildman–Crippen LogP) is -0.322. The van der Waals surface area contributed by atoms with Crippen molar-refractivity contribution in [3.05, 3.63) is 0 Å². The average molecular weight is 266 g/mol. The van der Waals surface area contributed by atoms with Crippen LogP contribution in [0.4, 0.5) is 0 Å². The molecule has 104 valence electrons. The molecule has 0 aromatic rings. The lowest BCUT2D eigenvalue weighted by molar-refractivity contribution is -0.138. The van der Waals surface area contributed by atoms with E-state index in [1.54, 1.807) is 0 Å². The van der Waals surface area contributed by atoms with Crippen molar-refractivity contribution in [1.29, 1.82) is 0 Å². The second kappa shape index (κ2) is 4.59. The van der Waals surface area contributed by atoms with E-state index in [-0.39, 0.29) is 29.1 Å². The van der Waals surface area contributed by atoms with Gasteiger partial charge in [0.05, 0.1) is 6.61 Å². The van der Waals surface area contributed by atoms with Crippen molar-refractivity contribution in [2.45, 2.75) is 25.7 Å². The molecule has 2 unspecified atom stereocenters. The van der Waals surface area contributed by atoms with Crippen molar-refractivity contribution in [1.82, 2.24) is 10.2 Å². The fourth-order valence-electron chi connectivity index (χ4n) is 3.06. The zero-order valence-electron chi connectivity index (χ0n) is 10.8. The van der Waals surface area contributed by atoms with Crippen LogP contribution in [0.2, 0.25) is 0 Å². The summed E-state index contributed by atoms with van der Waals surface area (Å²) < 4.78 is 5.34. The number of carbonyl (C=O) groups excluding carboxylic acids is 3. The van der Waals surface area contributed by atoms with Crippen LogP contribution in [-0.2, 0) is 19.1 Å². The van der Waals surface area contributed by atoms with E-state index in [2.05, 4.69) is 5.32 Å². The first kappa shape index (κ1) is 12.6. The van der Waals surface area contributed by atoms with Gasteiger partial charge in [-0.25, -0.2) is 0 Å². The molecule has 3 rings (SSSR count). The molecule has 1 N–H and O–H groups in total. The van der Waals surface area contributed by atoms with Crippen molar-refractivity contribution in [2.24, 2.45) is 11.3 Å². The molecule has 2 aliphatic heterocycles. The van der Waals surface area contributed by atoms with Gasteiger partial charge in [-0.05, 0) is 12.8 Å². The molecule has 6 nitrogen and oxygen atoms in total. The van der Waals surface area contributed by atoms with Gasteiger partial charge in [-0.15, -0.1) is 0 Å². The zero-order chi connectivity index (χ0) is 13.5. The topological polar surface area (TPSA) is 75.7 Å². The number of likely N-dealkylation sites (tertiary alicyclic amines) is 1. The van der Waals surface area contributed by atoms with Gasteiger partial charge >= 0.3 is 0 Å². The molecular formula is C13H18N2O4. The molecule has 0 aromatic heterocycles. The molecule has 1 aliphatic carbocycles. The Kier molecular flexibility index (Phi) is 3.05. The van der Waals surface area contributed by atoms with Gasteiger partial charge in [-0.2, -0.15) is 0 Å². The van der Waals surface area contributed by atoms with E-state index in [0.717, 1.165) is 19.4 Å². The van der Waals surface area contributed by atoms with E-state index in [4.69, 9.17) is 4.74 Å². The van der Waals surface area contributed by atoms with Crippen LogP contribution in [-0.4, -0.2) is 48.9 Å². The highest BCUT2D eigenvalue weighted by Crippen LogP contribution is 2.57. The van der Waals surface area contributed by atoms with Gasteiger partial charge in [-0.3, -0.25) is 19.3 Å². The number of carbonyl (C=O) groups is 3. The van der Waals surface area contributed by atoms with Crippen molar-refractivity contribution in [3.8, 4) is 0 Å². The number of hydrogen-bond donors (Lipinski definition) is 1. The SMILES string of the molecule is O=C(NCCN1C(=O)CCC1=O)C1CC12CCOC2. The third-order valence-electron chi connectivity index (χ3n) is 4.43.